The molecule has 4 nitrogen and oxygen atoms in total. The third-order valence-electron chi connectivity index (χ3n) is 2.86. The number of ether oxygens (including phenoxy) is 2. The van der Waals surface area contributed by atoms with Crippen LogP contribution >= 0.6 is 36.4 Å². The third kappa shape index (κ3) is 8.30. The SMILES string of the molecule is CCNCCCNCc1cc(Cl)c(OCC)c(OC)c1.Cl.Cl. The summed E-state index contributed by atoms with van der Waals surface area (Å²) in [5.74, 6) is 1.30. The Hall–Kier alpha value is -0.390. The van der Waals surface area contributed by atoms with Gasteiger partial charge in [-0.3, -0.25) is 0 Å². The lowest BCUT2D eigenvalue weighted by atomic mass is 10.2. The minimum atomic E-state index is 0. The summed E-state index contributed by atoms with van der Waals surface area (Å²) in [4.78, 5) is 0. The molecule has 0 atom stereocenters. The number of hydrogen-bond acceptors (Lipinski definition) is 4. The molecule has 7 heteroatoms. The van der Waals surface area contributed by atoms with Crippen LogP contribution in [0.4, 0.5) is 0 Å². The zero-order valence-corrected chi connectivity index (χ0v) is 15.8. The summed E-state index contributed by atoms with van der Waals surface area (Å²) >= 11 is 6.23. The van der Waals surface area contributed by atoms with E-state index < -0.39 is 0 Å². The fourth-order valence-corrected chi connectivity index (χ4v) is 2.20. The number of rotatable bonds is 10. The smallest absolute Gasteiger partial charge is 0.179 e. The molecular weight excluding hydrogens is 347 g/mol. The van der Waals surface area contributed by atoms with Gasteiger partial charge in [-0.25, -0.2) is 0 Å². The lowest BCUT2D eigenvalue weighted by Gasteiger charge is -2.13. The molecule has 1 aromatic carbocycles. The van der Waals surface area contributed by atoms with E-state index in [1.54, 1.807) is 7.11 Å². The second-order valence-corrected chi connectivity index (χ2v) is 4.83. The Bertz CT molecular complexity index is 407. The van der Waals surface area contributed by atoms with Gasteiger partial charge in [0.25, 0.3) is 0 Å². The van der Waals surface area contributed by atoms with Crippen molar-refractivity contribution in [2.45, 2.75) is 26.8 Å². The molecule has 0 heterocycles. The minimum absolute atomic E-state index is 0. The molecule has 130 valence electrons. The highest BCUT2D eigenvalue weighted by Crippen LogP contribution is 2.36. The van der Waals surface area contributed by atoms with Gasteiger partial charge in [0.15, 0.2) is 11.5 Å². The van der Waals surface area contributed by atoms with E-state index in [9.17, 15) is 0 Å². The van der Waals surface area contributed by atoms with Crippen molar-refractivity contribution in [3.05, 3.63) is 22.7 Å². The van der Waals surface area contributed by atoms with E-state index in [2.05, 4.69) is 17.6 Å². The van der Waals surface area contributed by atoms with E-state index in [1.807, 2.05) is 19.1 Å². The lowest BCUT2D eigenvalue weighted by molar-refractivity contribution is 0.311. The largest absolute Gasteiger partial charge is 0.493 e. The van der Waals surface area contributed by atoms with Crippen molar-refractivity contribution in [3.63, 3.8) is 0 Å². The van der Waals surface area contributed by atoms with Crippen LogP contribution in [0.25, 0.3) is 0 Å². The highest BCUT2D eigenvalue weighted by atomic mass is 35.5. The van der Waals surface area contributed by atoms with Gasteiger partial charge in [-0.1, -0.05) is 18.5 Å². The van der Waals surface area contributed by atoms with Crippen molar-refractivity contribution in [2.75, 3.05) is 33.4 Å². The molecule has 0 amide bonds. The highest BCUT2D eigenvalue weighted by molar-refractivity contribution is 6.32. The third-order valence-corrected chi connectivity index (χ3v) is 3.14. The average molecular weight is 374 g/mol. The van der Waals surface area contributed by atoms with Gasteiger partial charge in [0.1, 0.15) is 0 Å². The Balaban J connectivity index is 0. The topological polar surface area (TPSA) is 42.5 Å². The predicted octanol–water partition coefficient (Wildman–Crippen LogP) is 3.68. The van der Waals surface area contributed by atoms with Gasteiger partial charge in [0.05, 0.1) is 18.7 Å². The zero-order valence-electron chi connectivity index (χ0n) is 13.4. The van der Waals surface area contributed by atoms with E-state index in [4.69, 9.17) is 21.1 Å². The molecule has 1 aromatic rings. The molecular formula is C15H27Cl3N2O2. The van der Waals surface area contributed by atoms with Crippen LogP contribution in [0.15, 0.2) is 12.1 Å². The predicted molar refractivity (Wildman–Crippen MR) is 98.5 cm³/mol. The molecule has 1 rings (SSSR count). The molecule has 0 saturated carbocycles. The molecule has 22 heavy (non-hydrogen) atoms. The Morgan fingerprint density at radius 3 is 2.36 bits per heavy atom. The van der Waals surface area contributed by atoms with E-state index in [0.717, 1.165) is 38.2 Å². The maximum atomic E-state index is 6.23. The van der Waals surface area contributed by atoms with Crippen molar-refractivity contribution in [3.8, 4) is 11.5 Å². The van der Waals surface area contributed by atoms with Crippen molar-refractivity contribution >= 4 is 36.4 Å². The first-order valence-electron chi connectivity index (χ1n) is 7.13. The Kier molecular flexibility index (Phi) is 15.4. The first-order chi connectivity index (χ1) is 9.72. The zero-order chi connectivity index (χ0) is 14.8. The summed E-state index contributed by atoms with van der Waals surface area (Å²) in [6.45, 7) is 8.41. The first kappa shape index (κ1) is 23.9. The number of methoxy groups -OCH3 is 1. The molecule has 0 fully saturated rings. The molecule has 0 aliphatic carbocycles. The van der Waals surface area contributed by atoms with E-state index >= 15 is 0 Å². The van der Waals surface area contributed by atoms with Gasteiger partial charge in [0.2, 0.25) is 0 Å². The van der Waals surface area contributed by atoms with Crippen LogP contribution < -0.4 is 20.1 Å². The monoisotopic (exact) mass is 372 g/mol. The van der Waals surface area contributed by atoms with Crippen LogP contribution in [0.3, 0.4) is 0 Å². The fourth-order valence-electron chi connectivity index (χ4n) is 1.91. The number of hydrogen-bond donors (Lipinski definition) is 2. The van der Waals surface area contributed by atoms with Crippen LogP contribution in [0.2, 0.25) is 5.02 Å². The maximum absolute atomic E-state index is 6.23. The average Bonchev–Trinajstić information content (AvgIpc) is 2.45. The van der Waals surface area contributed by atoms with Crippen molar-refractivity contribution in [2.24, 2.45) is 0 Å². The van der Waals surface area contributed by atoms with Gasteiger partial charge in [-0.15, -0.1) is 24.8 Å². The number of halogens is 3. The highest BCUT2D eigenvalue weighted by Gasteiger charge is 2.11. The molecule has 0 unspecified atom stereocenters. The molecule has 0 aromatic heterocycles. The molecule has 0 saturated heterocycles. The summed E-state index contributed by atoms with van der Waals surface area (Å²) < 4.78 is 10.8. The summed E-state index contributed by atoms with van der Waals surface area (Å²) in [7, 11) is 1.63. The molecule has 0 aliphatic rings. The van der Waals surface area contributed by atoms with Crippen molar-refractivity contribution in [1.82, 2.24) is 10.6 Å². The molecule has 2 N–H and O–H groups in total. The van der Waals surface area contributed by atoms with Crippen LogP contribution in [0, 0.1) is 0 Å². The van der Waals surface area contributed by atoms with E-state index in [1.165, 1.54) is 0 Å². The summed E-state index contributed by atoms with van der Waals surface area (Å²) in [6, 6.07) is 3.89. The molecule has 0 spiro atoms. The summed E-state index contributed by atoms with van der Waals surface area (Å²) in [5, 5.41) is 7.29. The van der Waals surface area contributed by atoms with Crippen LogP contribution in [0.1, 0.15) is 25.8 Å². The van der Waals surface area contributed by atoms with Crippen LogP contribution in [-0.2, 0) is 6.54 Å². The van der Waals surface area contributed by atoms with E-state index in [-0.39, 0.29) is 24.8 Å². The Labute approximate surface area is 151 Å². The summed E-state index contributed by atoms with van der Waals surface area (Å²) in [6.07, 6.45) is 1.11. The van der Waals surface area contributed by atoms with Crippen molar-refractivity contribution < 1.29 is 9.47 Å². The van der Waals surface area contributed by atoms with Crippen LogP contribution in [-0.4, -0.2) is 33.4 Å². The fraction of sp³-hybridized carbons (Fsp3) is 0.600. The maximum Gasteiger partial charge on any atom is 0.179 e. The Morgan fingerprint density at radius 2 is 1.77 bits per heavy atom. The number of nitrogens with one attached hydrogen (secondary N) is 2. The van der Waals surface area contributed by atoms with Gasteiger partial charge in [-0.2, -0.15) is 0 Å². The van der Waals surface area contributed by atoms with Gasteiger partial charge < -0.3 is 20.1 Å². The lowest BCUT2D eigenvalue weighted by Crippen LogP contribution is -2.21. The van der Waals surface area contributed by atoms with Gasteiger partial charge in [0, 0.05) is 6.54 Å². The van der Waals surface area contributed by atoms with Gasteiger partial charge >= 0.3 is 0 Å². The van der Waals surface area contributed by atoms with Crippen LogP contribution in [0.5, 0.6) is 11.5 Å². The van der Waals surface area contributed by atoms with Crippen molar-refractivity contribution in [1.29, 1.82) is 0 Å². The second-order valence-electron chi connectivity index (χ2n) is 4.43. The first-order valence-corrected chi connectivity index (χ1v) is 7.51. The molecule has 0 bridgehead atoms. The van der Waals surface area contributed by atoms with E-state index in [0.29, 0.717) is 23.1 Å². The summed E-state index contributed by atoms with van der Waals surface area (Å²) in [5.41, 5.74) is 1.10. The quantitative estimate of drug-likeness (QED) is 0.614. The standard InChI is InChI=1S/C15H25ClN2O2.2ClH/c1-4-17-7-6-8-18-11-12-9-13(16)15(20-5-2)14(10-12)19-3;;/h9-10,17-18H,4-8,11H2,1-3H3;2*1H. The normalized spacial score (nSPS) is 9.64. The van der Waals surface area contributed by atoms with Gasteiger partial charge in [-0.05, 0) is 50.7 Å². The molecule has 0 radical (unpaired) electrons. The minimum Gasteiger partial charge on any atom is -0.493 e. The number of benzene rings is 1. The second kappa shape index (κ2) is 14.2. The molecule has 0 aliphatic heterocycles. The Morgan fingerprint density at radius 1 is 1.09 bits per heavy atom.